The molecule has 0 radical (unpaired) electrons. The third-order valence-electron chi connectivity index (χ3n) is 7.48. The number of nitrogens with zero attached hydrogens (tertiary/aromatic N) is 2. The van der Waals surface area contributed by atoms with Gasteiger partial charge in [0.15, 0.2) is 0 Å². The van der Waals surface area contributed by atoms with E-state index in [2.05, 4.69) is 36.2 Å². The number of para-hydroxylation sites is 1. The first kappa shape index (κ1) is 24.6. The largest absolute Gasteiger partial charge is 0.494 e. The van der Waals surface area contributed by atoms with E-state index in [1.54, 1.807) is 28.8 Å². The molecule has 0 fully saturated rings. The van der Waals surface area contributed by atoms with Crippen LogP contribution in [0.25, 0.3) is 10.9 Å². The summed E-state index contributed by atoms with van der Waals surface area (Å²) in [5.74, 6) is 0.688. The highest BCUT2D eigenvalue weighted by Crippen LogP contribution is 2.34. The summed E-state index contributed by atoms with van der Waals surface area (Å²) in [5, 5.41) is 1.30. The van der Waals surface area contributed by atoms with E-state index in [1.807, 2.05) is 38.2 Å². The highest BCUT2D eigenvalue weighted by Gasteiger charge is 2.26. The Hall–Kier alpha value is -3.09. The zero-order chi connectivity index (χ0) is 25.3. The summed E-state index contributed by atoms with van der Waals surface area (Å²) in [6.45, 7) is 3.41. The van der Waals surface area contributed by atoms with Gasteiger partial charge in [0.1, 0.15) is 10.8 Å². The van der Waals surface area contributed by atoms with Crippen LogP contribution >= 0.6 is 0 Å². The van der Waals surface area contributed by atoms with Crippen molar-refractivity contribution >= 4 is 20.7 Å². The van der Waals surface area contributed by atoms with Gasteiger partial charge in [-0.15, -0.1) is 0 Å². The highest BCUT2D eigenvalue weighted by atomic mass is 32.2. The van der Waals surface area contributed by atoms with E-state index in [9.17, 15) is 8.42 Å². The lowest BCUT2D eigenvalue weighted by molar-refractivity contribution is 0.199. The Morgan fingerprint density at radius 1 is 1.00 bits per heavy atom. The van der Waals surface area contributed by atoms with Gasteiger partial charge in [0.05, 0.1) is 11.5 Å². The molecular formula is C30H34N2O3S. The molecule has 5 nitrogen and oxygen atoms in total. The molecule has 0 aliphatic heterocycles. The second-order valence-corrected chi connectivity index (χ2v) is 11.6. The molecule has 5 rings (SSSR count). The topological polar surface area (TPSA) is 51.5 Å². The highest BCUT2D eigenvalue weighted by molar-refractivity contribution is 7.91. The Morgan fingerprint density at radius 3 is 2.50 bits per heavy atom. The normalized spacial score (nSPS) is 15.8. The van der Waals surface area contributed by atoms with Gasteiger partial charge in [0.25, 0.3) is 0 Å². The van der Waals surface area contributed by atoms with Crippen LogP contribution in [0.2, 0.25) is 0 Å². The average Bonchev–Trinajstić information content (AvgIpc) is 3.16. The van der Waals surface area contributed by atoms with Crippen molar-refractivity contribution in [2.45, 2.75) is 48.6 Å². The number of aryl methyl sites for hydroxylation is 3. The number of fused-ring (bicyclic) bond motifs is 2. The molecule has 1 aliphatic carbocycles. The van der Waals surface area contributed by atoms with Crippen LogP contribution in [0.15, 0.2) is 82.7 Å². The van der Waals surface area contributed by atoms with E-state index in [4.69, 9.17) is 4.74 Å². The molecule has 0 amide bonds. The monoisotopic (exact) mass is 502 g/mol. The van der Waals surface area contributed by atoms with Crippen molar-refractivity contribution in [2.75, 3.05) is 20.2 Å². The second-order valence-electron chi connectivity index (χ2n) is 9.77. The van der Waals surface area contributed by atoms with E-state index < -0.39 is 9.84 Å². The summed E-state index contributed by atoms with van der Waals surface area (Å²) in [5.41, 5.74) is 4.63. The van der Waals surface area contributed by atoms with Crippen molar-refractivity contribution in [2.24, 2.45) is 7.05 Å². The summed E-state index contributed by atoms with van der Waals surface area (Å²) in [7, 11) is 0.353. The summed E-state index contributed by atoms with van der Waals surface area (Å²) in [6.07, 6.45) is 4.51. The van der Waals surface area contributed by atoms with Crippen molar-refractivity contribution < 1.29 is 13.2 Å². The molecule has 1 unspecified atom stereocenters. The van der Waals surface area contributed by atoms with Gasteiger partial charge in [-0.3, -0.25) is 4.90 Å². The number of benzene rings is 3. The van der Waals surface area contributed by atoms with Gasteiger partial charge in [-0.05, 0) is 86.7 Å². The van der Waals surface area contributed by atoms with Gasteiger partial charge in [0.2, 0.25) is 9.84 Å². The molecule has 6 heteroatoms. The van der Waals surface area contributed by atoms with Gasteiger partial charge in [0, 0.05) is 30.5 Å². The lowest BCUT2D eigenvalue weighted by Crippen LogP contribution is -2.29. The zero-order valence-corrected chi connectivity index (χ0v) is 22.1. The van der Waals surface area contributed by atoms with Crippen molar-refractivity contribution in [3.8, 4) is 5.75 Å². The Bertz CT molecular complexity index is 1430. The molecule has 1 aliphatic rings. The Labute approximate surface area is 214 Å². The molecule has 0 bridgehead atoms. The fourth-order valence-electron chi connectivity index (χ4n) is 5.61. The van der Waals surface area contributed by atoms with Crippen molar-refractivity contribution in [1.82, 2.24) is 9.47 Å². The van der Waals surface area contributed by atoms with Crippen LogP contribution in [0.4, 0.5) is 0 Å². The zero-order valence-electron chi connectivity index (χ0n) is 21.3. The molecule has 36 heavy (non-hydrogen) atoms. The molecular weight excluding hydrogens is 468 g/mol. The number of aromatic nitrogens is 1. The number of ether oxygens (including phenoxy) is 1. The van der Waals surface area contributed by atoms with E-state index in [0.29, 0.717) is 23.4 Å². The molecule has 1 aromatic heterocycles. The number of hydrogen-bond donors (Lipinski definition) is 0. The Morgan fingerprint density at radius 2 is 1.72 bits per heavy atom. The third kappa shape index (κ3) is 4.56. The van der Waals surface area contributed by atoms with Crippen LogP contribution in [0.5, 0.6) is 5.75 Å². The standard InChI is InChI=1S/C30H34N2O3S/c1-22-26-12-6-7-14-29(26)32(3)30(22)36(33,34)25-18-16-24(17-19-25)35-21-9-20-31(2)28-15-8-11-23-10-4-5-13-27(23)28/h4-7,10,12-14,16-19,28H,8-9,11,15,20-21H2,1-3H3. The average molecular weight is 503 g/mol. The van der Waals surface area contributed by atoms with Crippen LogP contribution in [0.1, 0.15) is 42.0 Å². The first-order valence-corrected chi connectivity index (χ1v) is 14.2. The number of sulfone groups is 1. The van der Waals surface area contributed by atoms with Gasteiger partial charge >= 0.3 is 0 Å². The first-order chi connectivity index (χ1) is 17.4. The SMILES string of the molecule is Cc1c(S(=O)(=O)c2ccc(OCCCN(C)C3CCCc4ccccc43)cc2)n(C)c2ccccc12. The molecule has 3 aromatic carbocycles. The fourth-order valence-corrected chi connectivity index (χ4v) is 7.30. The van der Waals surface area contributed by atoms with Crippen LogP contribution in [0, 0.1) is 6.92 Å². The minimum atomic E-state index is -3.65. The van der Waals surface area contributed by atoms with E-state index in [-0.39, 0.29) is 4.90 Å². The number of hydrogen-bond acceptors (Lipinski definition) is 4. The number of rotatable bonds is 8. The lowest BCUT2D eigenvalue weighted by Gasteiger charge is -2.33. The van der Waals surface area contributed by atoms with Crippen LogP contribution in [-0.4, -0.2) is 38.1 Å². The third-order valence-corrected chi connectivity index (χ3v) is 9.46. The van der Waals surface area contributed by atoms with Crippen LogP contribution < -0.4 is 4.74 Å². The van der Waals surface area contributed by atoms with Crippen molar-refractivity contribution in [1.29, 1.82) is 0 Å². The molecule has 188 valence electrons. The van der Waals surface area contributed by atoms with Crippen molar-refractivity contribution in [3.05, 3.63) is 89.5 Å². The lowest BCUT2D eigenvalue weighted by atomic mass is 9.87. The molecule has 0 saturated heterocycles. The van der Waals surface area contributed by atoms with Gasteiger partial charge < -0.3 is 9.30 Å². The molecule has 0 saturated carbocycles. The maximum Gasteiger partial charge on any atom is 0.222 e. The van der Waals surface area contributed by atoms with E-state index in [1.165, 1.54) is 30.4 Å². The van der Waals surface area contributed by atoms with E-state index >= 15 is 0 Å². The summed E-state index contributed by atoms with van der Waals surface area (Å²) in [4.78, 5) is 2.71. The molecule has 0 N–H and O–H groups in total. The predicted octanol–water partition coefficient (Wildman–Crippen LogP) is 6.10. The van der Waals surface area contributed by atoms with Crippen LogP contribution in [-0.2, 0) is 23.3 Å². The second kappa shape index (κ2) is 10.1. The summed E-state index contributed by atoms with van der Waals surface area (Å²) < 4.78 is 34.6. The molecule has 1 heterocycles. The first-order valence-electron chi connectivity index (χ1n) is 12.7. The van der Waals surface area contributed by atoms with Crippen LogP contribution in [0.3, 0.4) is 0 Å². The van der Waals surface area contributed by atoms with Gasteiger partial charge in [-0.1, -0.05) is 42.5 Å². The maximum absolute atomic E-state index is 13.5. The summed E-state index contributed by atoms with van der Waals surface area (Å²) in [6, 6.07) is 23.8. The predicted molar refractivity (Wildman–Crippen MR) is 144 cm³/mol. The molecule has 1 atom stereocenters. The van der Waals surface area contributed by atoms with Gasteiger partial charge in [-0.25, -0.2) is 8.42 Å². The quantitative estimate of drug-likeness (QED) is 0.273. The Balaban J connectivity index is 1.21. The fraction of sp³-hybridized carbons (Fsp3) is 0.333. The summed E-state index contributed by atoms with van der Waals surface area (Å²) >= 11 is 0. The smallest absolute Gasteiger partial charge is 0.222 e. The molecule has 0 spiro atoms. The minimum absolute atomic E-state index is 0.277. The van der Waals surface area contributed by atoms with E-state index in [0.717, 1.165) is 29.4 Å². The minimum Gasteiger partial charge on any atom is -0.494 e. The maximum atomic E-state index is 13.5. The Kier molecular flexibility index (Phi) is 6.91. The molecule has 4 aromatic rings. The van der Waals surface area contributed by atoms with Crippen molar-refractivity contribution in [3.63, 3.8) is 0 Å². The van der Waals surface area contributed by atoms with Gasteiger partial charge in [-0.2, -0.15) is 0 Å².